The number of hydrogen-bond acceptors (Lipinski definition) is 5. The molecular weight excluding hydrogens is 430 g/mol. The Morgan fingerprint density at radius 2 is 2.03 bits per heavy atom. The summed E-state index contributed by atoms with van der Waals surface area (Å²) in [4.78, 5) is 26.0. The van der Waals surface area contributed by atoms with Crippen LogP contribution in [0.25, 0.3) is 0 Å². The molecule has 10 heteroatoms. The second-order valence-electron chi connectivity index (χ2n) is 7.43. The maximum absolute atomic E-state index is 12.9. The Morgan fingerprint density at radius 3 is 2.70 bits per heavy atom. The molecule has 0 unspecified atom stereocenters. The number of carbonyl (C=O) groups excluding carboxylic acids is 2. The summed E-state index contributed by atoms with van der Waals surface area (Å²) in [5.41, 5.74) is 0.302. The summed E-state index contributed by atoms with van der Waals surface area (Å²) in [5, 5.41) is 2.73. The highest BCUT2D eigenvalue weighted by molar-refractivity contribution is 7.89. The van der Waals surface area contributed by atoms with Crippen molar-refractivity contribution in [3.05, 3.63) is 35.4 Å². The lowest BCUT2D eigenvalue weighted by Gasteiger charge is -2.26. The number of hydrogen-bond donors (Lipinski definition) is 1. The van der Waals surface area contributed by atoms with E-state index in [1.165, 1.54) is 27.4 Å². The molecule has 1 aromatic rings. The van der Waals surface area contributed by atoms with E-state index in [1.54, 1.807) is 7.05 Å². The van der Waals surface area contributed by atoms with Gasteiger partial charge in [-0.2, -0.15) is 4.31 Å². The number of morpholine rings is 1. The van der Waals surface area contributed by atoms with E-state index in [1.807, 2.05) is 6.08 Å². The first-order chi connectivity index (χ1) is 14.3. The first kappa shape index (κ1) is 22.7. The number of halogens is 1. The van der Waals surface area contributed by atoms with E-state index in [0.29, 0.717) is 25.3 Å². The Kier molecular flexibility index (Phi) is 7.51. The van der Waals surface area contributed by atoms with Gasteiger partial charge in [0.15, 0.2) is 0 Å². The molecule has 0 saturated carbocycles. The average Bonchev–Trinajstić information content (AvgIpc) is 3.23. The van der Waals surface area contributed by atoms with Gasteiger partial charge in [0.05, 0.1) is 24.8 Å². The first-order valence-electron chi connectivity index (χ1n) is 9.85. The average molecular weight is 456 g/mol. The van der Waals surface area contributed by atoms with Gasteiger partial charge in [-0.15, -0.1) is 0 Å². The summed E-state index contributed by atoms with van der Waals surface area (Å²) in [5.74, 6) is -0.287. The van der Waals surface area contributed by atoms with E-state index in [9.17, 15) is 18.0 Å². The van der Waals surface area contributed by atoms with Crippen LogP contribution < -0.4 is 5.32 Å². The van der Waals surface area contributed by atoms with Gasteiger partial charge in [-0.1, -0.05) is 23.8 Å². The highest BCUT2D eigenvalue weighted by Gasteiger charge is 2.29. The molecule has 1 atom stereocenters. The summed E-state index contributed by atoms with van der Waals surface area (Å²) in [7, 11) is -2.22. The van der Waals surface area contributed by atoms with Gasteiger partial charge in [0.2, 0.25) is 21.8 Å². The zero-order valence-electron chi connectivity index (χ0n) is 16.8. The minimum atomic E-state index is -3.80. The fourth-order valence-corrected chi connectivity index (χ4v) is 5.36. The van der Waals surface area contributed by atoms with Crippen LogP contribution in [0.5, 0.6) is 0 Å². The monoisotopic (exact) mass is 455 g/mol. The lowest BCUT2D eigenvalue weighted by molar-refractivity contribution is -0.133. The van der Waals surface area contributed by atoms with Gasteiger partial charge < -0.3 is 15.0 Å². The molecule has 1 aromatic carbocycles. The van der Waals surface area contributed by atoms with Crippen LogP contribution in [0.15, 0.2) is 35.2 Å². The van der Waals surface area contributed by atoms with E-state index in [2.05, 4.69) is 11.4 Å². The normalized spacial score (nSPS) is 19.6. The van der Waals surface area contributed by atoms with Gasteiger partial charge in [-0.05, 0) is 37.0 Å². The summed E-state index contributed by atoms with van der Waals surface area (Å²) < 4.78 is 32.3. The molecule has 8 nitrogen and oxygen atoms in total. The standard InChI is InChI=1S/C20H26ClN3O5S/c1-23(20(26)12-15-4-2-3-5-15)14-19(25)22-16-6-7-17(21)18(13-16)30(27,28)24-8-10-29-11-9-24/h2,4,6-7,13,15H,3,5,8-12,14H2,1H3,(H,22,25)/t15-/m0/s1. The fraction of sp³-hybridized carbons (Fsp3) is 0.500. The van der Waals surface area contributed by atoms with Crippen LogP contribution in [-0.2, 0) is 24.3 Å². The van der Waals surface area contributed by atoms with Crippen LogP contribution in [0.1, 0.15) is 19.3 Å². The molecule has 2 amide bonds. The Morgan fingerprint density at radius 1 is 1.30 bits per heavy atom. The largest absolute Gasteiger partial charge is 0.379 e. The van der Waals surface area contributed by atoms with Crippen molar-refractivity contribution in [3.63, 3.8) is 0 Å². The number of sulfonamides is 1. The van der Waals surface area contributed by atoms with Gasteiger partial charge in [0, 0.05) is 32.2 Å². The summed E-state index contributed by atoms with van der Waals surface area (Å²) >= 11 is 6.14. The Hall–Kier alpha value is -1.94. The minimum Gasteiger partial charge on any atom is -0.379 e. The smallest absolute Gasteiger partial charge is 0.244 e. The van der Waals surface area contributed by atoms with Crippen LogP contribution in [-0.4, -0.2) is 69.3 Å². The molecule has 1 fully saturated rings. The summed E-state index contributed by atoms with van der Waals surface area (Å²) in [6.45, 7) is 1.02. The number of amides is 2. The van der Waals surface area contributed by atoms with Gasteiger partial charge >= 0.3 is 0 Å². The molecule has 30 heavy (non-hydrogen) atoms. The predicted octanol–water partition coefficient (Wildman–Crippen LogP) is 2.11. The van der Waals surface area contributed by atoms with Crippen LogP contribution >= 0.6 is 11.6 Å². The molecule has 164 valence electrons. The van der Waals surface area contributed by atoms with Gasteiger partial charge in [0.25, 0.3) is 0 Å². The number of benzene rings is 1. The highest BCUT2D eigenvalue weighted by atomic mass is 35.5. The van der Waals surface area contributed by atoms with Crippen molar-refractivity contribution in [2.45, 2.75) is 24.2 Å². The van der Waals surface area contributed by atoms with Crippen molar-refractivity contribution in [2.24, 2.45) is 5.92 Å². The first-order valence-corrected chi connectivity index (χ1v) is 11.7. The van der Waals surface area contributed by atoms with Gasteiger partial charge in [-0.3, -0.25) is 9.59 Å². The number of carbonyl (C=O) groups is 2. The molecule has 0 aromatic heterocycles. The highest BCUT2D eigenvalue weighted by Crippen LogP contribution is 2.28. The zero-order chi connectivity index (χ0) is 21.7. The van der Waals surface area contributed by atoms with Crippen LogP contribution in [0.4, 0.5) is 5.69 Å². The molecule has 0 bridgehead atoms. The maximum atomic E-state index is 12.9. The Balaban J connectivity index is 1.63. The Labute approximate surface area is 181 Å². The van der Waals surface area contributed by atoms with E-state index < -0.39 is 15.9 Å². The maximum Gasteiger partial charge on any atom is 0.244 e. The van der Waals surface area contributed by atoms with Crippen molar-refractivity contribution >= 4 is 39.1 Å². The molecule has 1 N–H and O–H groups in total. The number of allylic oxidation sites excluding steroid dienone is 2. The summed E-state index contributed by atoms with van der Waals surface area (Å²) in [6, 6.07) is 4.31. The van der Waals surface area contributed by atoms with Crippen molar-refractivity contribution in [1.29, 1.82) is 0 Å². The number of nitrogens with zero attached hydrogens (tertiary/aromatic N) is 2. The van der Waals surface area contributed by atoms with E-state index in [-0.39, 0.29) is 41.4 Å². The second-order valence-corrected chi connectivity index (χ2v) is 9.74. The van der Waals surface area contributed by atoms with E-state index >= 15 is 0 Å². The molecular formula is C20H26ClN3O5S. The zero-order valence-corrected chi connectivity index (χ0v) is 18.4. The van der Waals surface area contributed by atoms with E-state index in [0.717, 1.165) is 12.8 Å². The number of nitrogens with one attached hydrogen (secondary N) is 1. The molecule has 1 heterocycles. The number of ether oxygens (including phenoxy) is 1. The van der Waals surface area contributed by atoms with Crippen molar-refractivity contribution < 1.29 is 22.7 Å². The summed E-state index contributed by atoms with van der Waals surface area (Å²) in [6.07, 6.45) is 6.41. The lowest BCUT2D eigenvalue weighted by atomic mass is 10.0. The van der Waals surface area contributed by atoms with Crippen molar-refractivity contribution in [1.82, 2.24) is 9.21 Å². The fourth-order valence-electron chi connectivity index (χ4n) is 3.45. The molecule has 0 radical (unpaired) electrons. The topological polar surface area (TPSA) is 96.0 Å². The Bertz CT molecular complexity index is 928. The van der Waals surface area contributed by atoms with Crippen LogP contribution in [0.2, 0.25) is 5.02 Å². The third kappa shape index (κ3) is 5.60. The van der Waals surface area contributed by atoms with Gasteiger partial charge in [0.1, 0.15) is 4.90 Å². The van der Waals surface area contributed by atoms with Crippen molar-refractivity contribution in [2.75, 3.05) is 45.2 Å². The molecule has 1 aliphatic carbocycles. The third-order valence-corrected chi connectivity index (χ3v) is 7.54. The van der Waals surface area contributed by atoms with Gasteiger partial charge in [-0.25, -0.2) is 8.42 Å². The van der Waals surface area contributed by atoms with Crippen molar-refractivity contribution in [3.8, 4) is 0 Å². The van der Waals surface area contributed by atoms with E-state index in [4.69, 9.17) is 16.3 Å². The number of rotatable bonds is 7. The second kappa shape index (κ2) is 9.91. The lowest BCUT2D eigenvalue weighted by Crippen LogP contribution is -2.40. The molecule has 3 rings (SSSR count). The molecule has 0 spiro atoms. The molecule has 2 aliphatic rings. The van der Waals surface area contributed by atoms with Crippen LogP contribution in [0, 0.1) is 5.92 Å². The molecule has 1 saturated heterocycles. The third-order valence-electron chi connectivity index (χ3n) is 5.16. The quantitative estimate of drug-likeness (QED) is 0.635. The van der Waals surface area contributed by atoms with Crippen LogP contribution in [0.3, 0.4) is 0 Å². The SMILES string of the molecule is CN(CC(=O)Nc1ccc(Cl)c(S(=O)(=O)N2CCOCC2)c1)C(=O)C[C@H]1C=CCC1. The number of anilines is 1. The molecule has 1 aliphatic heterocycles. The number of likely N-dealkylation sites (N-methyl/N-ethyl adjacent to an activating group) is 1. The minimum absolute atomic E-state index is 0.0682. The predicted molar refractivity (Wildman–Crippen MR) is 114 cm³/mol.